The molecule has 12 rings (SSSR count). The molecular weight excluding hydrogens is 1320 g/mol. The van der Waals surface area contributed by atoms with E-state index < -0.39 is 37.5 Å². The largest absolute Gasteiger partial charge is 0.477 e. The molecule has 4 saturated carbocycles. The van der Waals surface area contributed by atoms with Crippen molar-refractivity contribution >= 4 is 72.8 Å². The Morgan fingerprint density at radius 1 is 0.608 bits per heavy atom. The van der Waals surface area contributed by atoms with Crippen molar-refractivity contribution in [3.63, 3.8) is 0 Å². The average molecular weight is 1410 g/mol. The van der Waals surface area contributed by atoms with Crippen molar-refractivity contribution in [2.24, 2.45) is 47.3 Å². The van der Waals surface area contributed by atoms with Crippen LogP contribution in [0.25, 0.3) is 11.6 Å². The first-order valence-corrected chi connectivity index (χ1v) is 37.9. The van der Waals surface area contributed by atoms with Gasteiger partial charge in [0.1, 0.15) is 27.5 Å². The van der Waals surface area contributed by atoms with Crippen LogP contribution < -0.4 is 34.9 Å². The molecule has 6 fully saturated rings. The van der Waals surface area contributed by atoms with Gasteiger partial charge in [-0.3, -0.25) is 9.59 Å². The standard InChI is InChI=1S/C37H50ClN7O6S.C32H42ClN7O4S/c1-36(2,3)51-35(47)44-23-24(22-37(44,4)5)8-7-19-39-29-9-6-10-32(40-29)52(48,49)43-34(46)28-15-16-30(41-33(28)38)45-20-17-31(42-45)50-21-18-27(25-11-12-25)26-13-14-26;1-32(2)19-21(20-35-32)5-4-16-34-26-6-3-7-29(36-26)45(42,43)39-31(41)25-12-13-27(37-30(25)33)40-17-14-28(38-40)44-18-15-24(22-8-9-22)23-10-11-23/h6,9-10,15-17,20,24-27H,7-8,11-14,18-19,21-23H2,1-5H3,(H,39,40)(H,43,46);3,6-7,12-14,17,21-24,35H,4-5,8-11,15-16,18-20H2,1-2H3,(H,34,36)(H,39,41)/t24-;21-/m00/s1. The molecule has 0 spiro atoms. The van der Waals surface area contributed by atoms with E-state index in [0.29, 0.717) is 79.7 Å². The molecule has 8 heterocycles. The molecule has 5 N–H and O–H groups in total. The van der Waals surface area contributed by atoms with E-state index in [1.807, 2.05) is 30.4 Å². The lowest BCUT2D eigenvalue weighted by Crippen LogP contribution is -2.45. The summed E-state index contributed by atoms with van der Waals surface area (Å²) in [4.78, 5) is 57.5. The Hall–Kier alpha value is -7.13. The molecule has 28 heteroatoms. The Morgan fingerprint density at radius 2 is 1.05 bits per heavy atom. The summed E-state index contributed by atoms with van der Waals surface area (Å²) in [7, 11) is -8.59. The summed E-state index contributed by atoms with van der Waals surface area (Å²) < 4.78 is 76.9. The highest BCUT2D eigenvalue weighted by atomic mass is 35.5. The maximum atomic E-state index is 13.2. The fourth-order valence-electron chi connectivity index (χ4n) is 13.6. The molecule has 0 radical (unpaired) electrons. The van der Waals surface area contributed by atoms with Crippen LogP contribution in [0.15, 0.2) is 95.2 Å². The fourth-order valence-corrected chi connectivity index (χ4v) is 15.9. The highest BCUT2D eigenvalue weighted by Gasteiger charge is 2.44. The summed E-state index contributed by atoms with van der Waals surface area (Å²) in [6, 6.07) is 18.6. The van der Waals surface area contributed by atoms with Gasteiger partial charge in [-0.1, -0.05) is 35.3 Å². The molecule has 0 unspecified atom stereocenters. The van der Waals surface area contributed by atoms with E-state index in [2.05, 4.69) is 78.5 Å². The van der Waals surface area contributed by atoms with Crippen LogP contribution in [0.1, 0.15) is 172 Å². The Labute approximate surface area is 579 Å². The Morgan fingerprint density at radius 3 is 1.45 bits per heavy atom. The normalized spacial score (nSPS) is 19.1. The van der Waals surface area contributed by atoms with Crippen molar-refractivity contribution < 1.29 is 45.4 Å². The van der Waals surface area contributed by atoms with Crippen molar-refractivity contribution in [1.29, 1.82) is 0 Å². The van der Waals surface area contributed by atoms with E-state index in [0.717, 1.165) is 93.4 Å². The predicted octanol–water partition coefficient (Wildman–Crippen LogP) is 12.1. The summed E-state index contributed by atoms with van der Waals surface area (Å²) in [5.74, 6) is 6.58. The predicted molar refractivity (Wildman–Crippen MR) is 369 cm³/mol. The van der Waals surface area contributed by atoms with Crippen LogP contribution in [0, 0.1) is 47.3 Å². The first-order valence-electron chi connectivity index (χ1n) is 34.2. The zero-order chi connectivity index (χ0) is 68.9. The van der Waals surface area contributed by atoms with Gasteiger partial charge in [-0.15, -0.1) is 10.2 Å². The molecule has 6 aromatic heterocycles. The molecule has 24 nitrogen and oxygen atoms in total. The number of nitrogens with one attached hydrogen (secondary N) is 5. The molecule has 0 bridgehead atoms. The Balaban J connectivity index is 0.000000199. The minimum absolute atomic E-state index is 0.0855. The quantitative estimate of drug-likeness (QED) is 0.0207. The molecular formula is C69H92Cl2N14O10S2. The van der Waals surface area contributed by atoms with Crippen LogP contribution in [0.2, 0.25) is 10.3 Å². The number of aromatic nitrogens is 8. The van der Waals surface area contributed by atoms with Gasteiger partial charge in [0.25, 0.3) is 31.9 Å². The van der Waals surface area contributed by atoms with E-state index in [4.69, 9.17) is 37.4 Å². The van der Waals surface area contributed by atoms with Gasteiger partial charge >= 0.3 is 6.09 Å². The number of halogens is 2. The highest BCUT2D eigenvalue weighted by molar-refractivity contribution is 7.90. The summed E-state index contributed by atoms with van der Waals surface area (Å²) in [5, 5.41) is 17.8. The highest BCUT2D eigenvalue weighted by Crippen LogP contribution is 2.52. The molecule has 6 aromatic rings. The number of likely N-dealkylation sites (tertiary alicyclic amines) is 1. The molecule has 0 aromatic carbocycles. The minimum atomic E-state index is -4.33. The summed E-state index contributed by atoms with van der Waals surface area (Å²) >= 11 is 12.7. The third-order valence-corrected chi connectivity index (χ3v) is 22.0. The average Bonchev–Trinajstić information content (AvgIpc) is 1.67. The number of carbonyl (C=O) groups excluding carboxylic acids is 3. The van der Waals surface area contributed by atoms with Gasteiger partial charge in [0.2, 0.25) is 11.8 Å². The minimum Gasteiger partial charge on any atom is -0.477 e. The summed E-state index contributed by atoms with van der Waals surface area (Å²) in [6.07, 6.45) is 21.6. The van der Waals surface area contributed by atoms with Crippen LogP contribution in [0.5, 0.6) is 11.8 Å². The fraction of sp³-hybridized carbons (Fsp3) is 0.580. The van der Waals surface area contributed by atoms with Gasteiger partial charge in [0.05, 0.1) is 24.3 Å². The topological polar surface area (TPSA) is 298 Å². The number of hydrogen-bond donors (Lipinski definition) is 5. The molecule has 2 aliphatic heterocycles. The second kappa shape index (κ2) is 30.1. The number of ether oxygens (including phenoxy) is 3. The van der Waals surface area contributed by atoms with Crippen LogP contribution in [0.4, 0.5) is 16.4 Å². The third-order valence-electron chi connectivity index (χ3n) is 19.0. The molecule has 2 saturated heterocycles. The number of pyridine rings is 4. The van der Waals surface area contributed by atoms with Gasteiger partial charge in [-0.2, -0.15) is 16.8 Å². The van der Waals surface area contributed by atoms with Gasteiger partial charge in [0, 0.05) is 55.2 Å². The van der Waals surface area contributed by atoms with Crippen molar-refractivity contribution in [3.8, 4) is 23.4 Å². The van der Waals surface area contributed by atoms with Gasteiger partial charge < -0.3 is 35.1 Å². The van der Waals surface area contributed by atoms with Gasteiger partial charge in [-0.05, 0) is 254 Å². The SMILES string of the molecule is CC(C)(C)OC(=O)N1C[C@@H](CCCNc2cccc(S(=O)(=O)NC(=O)c3ccc(-n4ccc(OCCC(C5CC5)C5CC5)n4)nc3Cl)n2)CC1(C)C.CC1(C)C[C@H](CCCNc2cccc(S(=O)(=O)NC(=O)c3ccc(-n4ccc(OCCC(C5CC5)C5CC5)n4)nc3Cl)n2)CN1. The Bertz CT molecular complexity index is 3970. The first kappa shape index (κ1) is 71.2. The zero-order valence-electron chi connectivity index (χ0n) is 56.4. The molecule has 524 valence electrons. The monoisotopic (exact) mass is 1410 g/mol. The lowest BCUT2D eigenvalue weighted by atomic mass is 9.93. The lowest BCUT2D eigenvalue weighted by Gasteiger charge is -2.33. The van der Waals surface area contributed by atoms with E-state index in [-0.39, 0.29) is 48.7 Å². The van der Waals surface area contributed by atoms with Crippen LogP contribution >= 0.6 is 23.2 Å². The van der Waals surface area contributed by atoms with Crippen molar-refractivity contribution in [3.05, 3.63) is 107 Å². The third kappa shape index (κ3) is 19.8. The molecule has 2 atom stereocenters. The van der Waals surface area contributed by atoms with Crippen molar-refractivity contribution in [1.82, 2.24) is 59.2 Å². The van der Waals surface area contributed by atoms with Crippen molar-refractivity contribution in [2.45, 2.75) is 178 Å². The number of sulfonamides is 2. The van der Waals surface area contributed by atoms with E-state index in [1.54, 1.807) is 54.9 Å². The number of anilines is 2. The maximum Gasteiger partial charge on any atom is 0.410 e. The molecule has 3 amide bonds. The first-order chi connectivity index (χ1) is 46.1. The molecule has 4 aliphatic carbocycles. The van der Waals surface area contributed by atoms with E-state index in [1.165, 1.54) is 91.1 Å². The molecule has 97 heavy (non-hydrogen) atoms. The smallest absolute Gasteiger partial charge is 0.410 e. The summed E-state index contributed by atoms with van der Waals surface area (Å²) in [6.45, 7) is 18.2. The maximum absolute atomic E-state index is 13.2. The zero-order valence-corrected chi connectivity index (χ0v) is 59.6. The number of amides is 3. The lowest BCUT2D eigenvalue weighted by molar-refractivity contribution is 0.0130. The second-order valence-electron chi connectivity index (χ2n) is 29.2. The molecule has 6 aliphatic rings. The Kier molecular flexibility index (Phi) is 22.1. The van der Waals surface area contributed by atoms with E-state index >= 15 is 0 Å². The van der Waals surface area contributed by atoms with Gasteiger partial charge in [0.15, 0.2) is 21.7 Å². The number of rotatable bonds is 30. The number of hydrogen-bond acceptors (Lipinski definition) is 19. The van der Waals surface area contributed by atoms with Crippen molar-refractivity contribution in [2.75, 3.05) is 50.0 Å². The second-order valence-corrected chi connectivity index (χ2v) is 33.2. The van der Waals surface area contributed by atoms with Crippen LogP contribution in [0.3, 0.4) is 0 Å². The number of nitrogens with zero attached hydrogens (tertiary/aromatic N) is 9. The van der Waals surface area contributed by atoms with Gasteiger partial charge in [-0.25, -0.2) is 43.5 Å². The summed E-state index contributed by atoms with van der Waals surface area (Å²) in [5.41, 5.74) is -0.875. The number of carbonyl (C=O) groups is 3. The van der Waals surface area contributed by atoms with Crippen LogP contribution in [-0.4, -0.2) is 135 Å². The van der Waals surface area contributed by atoms with Crippen LogP contribution in [-0.2, 0) is 24.8 Å². The van der Waals surface area contributed by atoms with E-state index in [9.17, 15) is 31.2 Å².